The predicted molar refractivity (Wildman–Crippen MR) is 93.1 cm³/mol. The van der Waals surface area contributed by atoms with Gasteiger partial charge in [0.25, 0.3) is 0 Å². The molecule has 0 spiro atoms. The van der Waals surface area contributed by atoms with Gasteiger partial charge in [0.1, 0.15) is 11.3 Å². The van der Waals surface area contributed by atoms with Crippen LogP contribution in [0.3, 0.4) is 0 Å². The first-order chi connectivity index (χ1) is 12.2. The van der Waals surface area contributed by atoms with Crippen molar-refractivity contribution < 1.29 is 14.3 Å². The number of nitrogens with two attached hydrogens (primary N) is 1. The highest BCUT2D eigenvalue weighted by atomic mass is 16.5. The van der Waals surface area contributed by atoms with E-state index in [1.54, 1.807) is 18.5 Å². The highest BCUT2D eigenvalue weighted by Gasteiger charge is 2.30. The summed E-state index contributed by atoms with van der Waals surface area (Å²) in [7, 11) is 0. The summed E-state index contributed by atoms with van der Waals surface area (Å²) in [5.41, 5.74) is 8.04. The maximum absolute atomic E-state index is 12.0. The van der Waals surface area contributed by atoms with Gasteiger partial charge in [-0.05, 0) is 31.7 Å². The number of nitrogens with one attached hydrogen (secondary N) is 1. The zero-order valence-corrected chi connectivity index (χ0v) is 14.0. The summed E-state index contributed by atoms with van der Waals surface area (Å²) in [6, 6.07) is 3.83. The third kappa shape index (κ3) is 3.51. The van der Waals surface area contributed by atoms with E-state index in [9.17, 15) is 4.79 Å². The second-order valence-electron chi connectivity index (χ2n) is 6.78. The Bertz CT molecular complexity index is 770. The maximum Gasteiger partial charge on any atom is 0.228 e. The average Bonchev–Trinajstić information content (AvgIpc) is 2.55. The molecule has 2 aliphatic rings. The van der Waals surface area contributed by atoms with E-state index in [-0.39, 0.29) is 24.0 Å². The van der Waals surface area contributed by atoms with Gasteiger partial charge in [-0.2, -0.15) is 0 Å². The number of nitrogens with zero attached hydrogens (tertiary/aromatic N) is 2. The zero-order chi connectivity index (χ0) is 17.2. The number of carbonyl (C=O) groups excluding carboxylic acids is 1. The van der Waals surface area contributed by atoms with E-state index in [1.165, 1.54) is 0 Å². The number of anilines is 1. The molecule has 1 aliphatic carbocycles. The fourth-order valence-electron chi connectivity index (χ4n) is 3.36. The van der Waals surface area contributed by atoms with Crippen LogP contribution >= 0.6 is 0 Å². The van der Waals surface area contributed by atoms with Gasteiger partial charge in [0.05, 0.1) is 30.8 Å². The Morgan fingerprint density at radius 3 is 2.64 bits per heavy atom. The maximum atomic E-state index is 12.0. The van der Waals surface area contributed by atoms with Gasteiger partial charge in [0, 0.05) is 30.2 Å². The monoisotopic (exact) mass is 342 g/mol. The normalized spacial score (nSPS) is 23.8. The Balaban J connectivity index is 1.36. The molecule has 0 atom stereocenters. The van der Waals surface area contributed by atoms with Gasteiger partial charge in [0.2, 0.25) is 5.91 Å². The van der Waals surface area contributed by atoms with Crippen molar-refractivity contribution in [2.24, 2.45) is 5.92 Å². The van der Waals surface area contributed by atoms with Crippen molar-refractivity contribution in [3.8, 4) is 5.75 Å². The van der Waals surface area contributed by atoms with Crippen LogP contribution in [0.1, 0.15) is 25.7 Å². The molecule has 7 heteroatoms. The first kappa shape index (κ1) is 16.1. The Labute approximate surface area is 145 Å². The number of fused-ring (bicyclic) bond motifs is 1. The van der Waals surface area contributed by atoms with E-state index in [1.807, 2.05) is 6.07 Å². The summed E-state index contributed by atoms with van der Waals surface area (Å²) < 4.78 is 11.2. The van der Waals surface area contributed by atoms with Crippen LogP contribution in [0.4, 0.5) is 5.69 Å². The average molecular weight is 342 g/mol. The van der Waals surface area contributed by atoms with Crippen LogP contribution in [0.2, 0.25) is 0 Å². The smallest absolute Gasteiger partial charge is 0.228 e. The standard InChI is InChI=1S/C18H22N4O3/c19-12-7-15-17(21-6-5-20-15)16(8-12)25-14-3-1-13(2-4-14)22-18(23)11-9-24-10-11/h5-8,11,13-14H,1-4,9-10,19H2,(H,22,23). The van der Waals surface area contributed by atoms with Crippen molar-refractivity contribution in [2.45, 2.75) is 37.8 Å². The molecule has 1 aromatic carbocycles. The van der Waals surface area contributed by atoms with Crippen molar-refractivity contribution in [3.63, 3.8) is 0 Å². The lowest BCUT2D eigenvalue weighted by Gasteiger charge is -2.32. The molecule has 7 nitrogen and oxygen atoms in total. The Morgan fingerprint density at radius 2 is 1.92 bits per heavy atom. The molecular weight excluding hydrogens is 320 g/mol. The number of benzene rings is 1. The van der Waals surface area contributed by atoms with Gasteiger partial charge in [-0.1, -0.05) is 0 Å². The van der Waals surface area contributed by atoms with Gasteiger partial charge >= 0.3 is 0 Å². The highest BCUT2D eigenvalue weighted by Crippen LogP contribution is 2.30. The minimum absolute atomic E-state index is 0.0335. The van der Waals surface area contributed by atoms with Gasteiger partial charge in [-0.25, -0.2) is 4.98 Å². The molecule has 1 amide bonds. The molecule has 1 aliphatic heterocycles. The zero-order valence-electron chi connectivity index (χ0n) is 14.0. The van der Waals surface area contributed by atoms with Crippen molar-refractivity contribution in [2.75, 3.05) is 18.9 Å². The van der Waals surface area contributed by atoms with Crippen LogP contribution < -0.4 is 15.8 Å². The molecule has 3 N–H and O–H groups in total. The summed E-state index contributed by atoms with van der Waals surface area (Å²) in [6.45, 7) is 1.10. The molecular formula is C18H22N4O3. The van der Waals surface area contributed by atoms with Crippen molar-refractivity contribution >= 4 is 22.6 Å². The lowest BCUT2D eigenvalue weighted by atomic mass is 9.92. The number of rotatable bonds is 4. The first-order valence-corrected chi connectivity index (χ1v) is 8.74. The van der Waals surface area contributed by atoms with E-state index in [2.05, 4.69) is 15.3 Å². The number of hydrogen-bond donors (Lipinski definition) is 2. The summed E-state index contributed by atoms with van der Waals surface area (Å²) in [5.74, 6) is 0.834. The molecule has 0 radical (unpaired) electrons. The van der Waals surface area contributed by atoms with Gasteiger partial charge in [-0.15, -0.1) is 0 Å². The topological polar surface area (TPSA) is 99.4 Å². The SMILES string of the molecule is Nc1cc(OC2CCC(NC(=O)C3COC3)CC2)c2nccnc2c1. The fourth-order valence-corrected chi connectivity index (χ4v) is 3.36. The third-order valence-electron chi connectivity index (χ3n) is 4.88. The van der Waals surface area contributed by atoms with E-state index in [0.717, 1.165) is 36.7 Å². The summed E-state index contributed by atoms with van der Waals surface area (Å²) in [6.07, 6.45) is 7.01. The summed E-state index contributed by atoms with van der Waals surface area (Å²) >= 11 is 0. The Kier molecular flexibility index (Phi) is 4.40. The summed E-state index contributed by atoms with van der Waals surface area (Å²) in [5, 5.41) is 3.13. The second-order valence-corrected chi connectivity index (χ2v) is 6.78. The van der Waals surface area contributed by atoms with Crippen LogP contribution in [-0.4, -0.2) is 41.2 Å². The molecule has 2 aromatic rings. The lowest BCUT2D eigenvalue weighted by Crippen LogP contribution is -2.47. The molecule has 2 heterocycles. The fraction of sp³-hybridized carbons (Fsp3) is 0.500. The van der Waals surface area contributed by atoms with Gasteiger partial charge < -0.3 is 20.5 Å². The van der Waals surface area contributed by atoms with Crippen molar-refractivity contribution in [1.29, 1.82) is 0 Å². The number of carbonyl (C=O) groups is 1. The second kappa shape index (κ2) is 6.84. The predicted octanol–water partition coefficient (Wildman–Crippen LogP) is 1.66. The van der Waals surface area contributed by atoms with E-state index < -0.39 is 0 Å². The van der Waals surface area contributed by atoms with Crippen LogP contribution in [0.5, 0.6) is 5.75 Å². The van der Waals surface area contributed by atoms with Crippen molar-refractivity contribution in [1.82, 2.24) is 15.3 Å². The van der Waals surface area contributed by atoms with E-state index in [4.69, 9.17) is 15.2 Å². The largest absolute Gasteiger partial charge is 0.488 e. The third-order valence-corrected chi connectivity index (χ3v) is 4.88. The first-order valence-electron chi connectivity index (χ1n) is 8.74. The number of aromatic nitrogens is 2. The molecule has 1 saturated carbocycles. The Morgan fingerprint density at radius 1 is 1.16 bits per heavy atom. The van der Waals surface area contributed by atoms with Gasteiger partial charge in [0.15, 0.2) is 0 Å². The lowest BCUT2D eigenvalue weighted by molar-refractivity contribution is -0.139. The number of amides is 1. The molecule has 4 rings (SSSR count). The Hall–Kier alpha value is -2.41. The number of hydrogen-bond acceptors (Lipinski definition) is 6. The van der Waals surface area contributed by atoms with Crippen LogP contribution in [0.15, 0.2) is 24.5 Å². The minimum Gasteiger partial charge on any atom is -0.488 e. The summed E-state index contributed by atoms with van der Waals surface area (Å²) in [4.78, 5) is 20.7. The number of ether oxygens (including phenoxy) is 2. The molecule has 2 fully saturated rings. The van der Waals surface area contributed by atoms with Gasteiger partial charge in [-0.3, -0.25) is 9.78 Å². The van der Waals surface area contributed by atoms with Crippen molar-refractivity contribution in [3.05, 3.63) is 24.5 Å². The molecule has 0 bridgehead atoms. The quantitative estimate of drug-likeness (QED) is 0.820. The highest BCUT2D eigenvalue weighted by molar-refractivity contribution is 5.84. The molecule has 0 unspecified atom stereocenters. The minimum atomic E-state index is 0.0335. The molecule has 1 aromatic heterocycles. The van der Waals surface area contributed by atoms with Crippen LogP contribution in [0, 0.1) is 5.92 Å². The van der Waals surface area contributed by atoms with Crippen LogP contribution in [0.25, 0.3) is 11.0 Å². The van der Waals surface area contributed by atoms with E-state index in [0.29, 0.717) is 24.7 Å². The van der Waals surface area contributed by atoms with E-state index >= 15 is 0 Å². The molecule has 1 saturated heterocycles. The molecule has 132 valence electrons. The van der Waals surface area contributed by atoms with Crippen LogP contribution in [-0.2, 0) is 9.53 Å². The number of nitrogen functional groups attached to an aromatic ring is 1. The molecule has 25 heavy (non-hydrogen) atoms.